The first-order valence-electron chi connectivity index (χ1n) is 7.03. The average Bonchev–Trinajstić information content (AvgIpc) is 3.25. The van der Waals surface area contributed by atoms with E-state index in [0.717, 1.165) is 18.4 Å². The van der Waals surface area contributed by atoms with Crippen LogP contribution in [0.4, 0.5) is 10.5 Å². The second kappa shape index (κ2) is 6.03. The van der Waals surface area contributed by atoms with Crippen LogP contribution in [0.2, 0.25) is 0 Å². The number of rotatable bonds is 5. The number of hydrogen-bond acceptors (Lipinski definition) is 3. The molecule has 0 saturated heterocycles. The molecule has 0 unspecified atom stereocenters. The topological polar surface area (TPSA) is 81.1 Å². The van der Waals surface area contributed by atoms with Gasteiger partial charge in [-0.15, -0.1) is 0 Å². The van der Waals surface area contributed by atoms with Crippen LogP contribution in [0.5, 0.6) is 5.75 Å². The lowest BCUT2D eigenvalue weighted by Crippen LogP contribution is -2.46. The van der Waals surface area contributed by atoms with Crippen molar-refractivity contribution in [1.29, 1.82) is 0 Å². The number of anilines is 1. The molecule has 0 aromatic heterocycles. The van der Waals surface area contributed by atoms with E-state index in [1.165, 1.54) is 15.9 Å². The van der Waals surface area contributed by atoms with Gasteiger partial charge in [-0.05, 0) is 38.3 Å². The molecule has 2 rings (SSSR count). The fraction of sp³-hybridized carbons (Fsp3) is 0.467. The molecule has 2 amide bonds. The van der Waals surface area contributed by atoms with Crippen LogP contribution in [0, 0.1) is 6.92 Å². The Kier molecular flexibility index (Phi) is 4.35. The first kappa shape index (κ1) is 15.2. The molecular formula is C15H20N2O4. The van der Waals surface area contributed by atoms with Gasteiger partial charge in [0.2, 0.25) is 0 Å². The minimum Gasteiger partial charge on any atom is -0.508 e. The summed E-state index contributed by atoms with van der Waals surface area (Å²) in [6.07, 6.45) is 1.69. The fourth-order valence-electron chi connectivity index (χ4n) is 2.34. The van der Waals surface area contributed by atoms with E-state index in [-0.39, 0.29) is 24.4 Å². The lowest BCUT2D eigenvalue weighted by atomic mass is 10.1. The Bertz CT molecular complexity index is 555. The SMILES string of the molecule is CCN(C(=O)N(CC(=O)O)C1CC1)c1cc(O)ccc1C. The van der Waals surface area contributed by atoms with Crippen molar-refractivity contribution >= 4 is 17.7 Å². The molecule has 6 nitrogen and oxygen atoms in total. The number of hydrogen-bond donors (Lipinski definition) is 2. The van der Waals surface area contributed by atoms with Crippen molar-refractivity contribution in [3.8, 4) is 5.75 Å². The zero-order chi connectivity index (χ0) is 15.6. The van der Waals surface area contributed by atoms with Crippen LogP contribution in [0.25, 0.3) is 0 Å². The highest BCUT2D eigenvalue weighted by Crippen LogP contribution is 2.31. The summed E-state index contributed by atoms with van der Waals surface area (Å²) in [7, 11) is 0. The number of nitrogens with zero attached hydrogens (tertiary/aromatic N) is 2. The molecule has 0 atom stereocenters. The number of phenolic OH excluding ortho intramolecular Hbond substituents is 1. The fourth-order valence-corrected chi connectivity index (χ4v) is 2.34. The summed E-state index contributed by atoms with van der Waals surface area (Å²) in [5.41, 5.74) is 1.47. The Labute approximate surface area is 123 Å². The van der Waals surface area contributed by atoms with E-state index in [1.54, 1.807) is 12.1 Å². The van der Waals surface area contributed by atoms with Gasteiger partial charge in [0.1, 0.15) is 12.3 Å². The van der Waals surface area contributed by atoms with Crippen molar-refractivity contribution in [2.45, 2.75) is 32.7 Å². The van der Waals surface area contributed by atoms with Gasteiger partial charge in [0, 0.05) is 18.7 Å². The quantitative estimate of drug-likeness (QED) is 0.871. The van der Waals surface area contributed by atoms with Crippen molar-refractivity contribution in [2.24, 2.45) is 0 Å². The predicted octanol–water partition coefficient (Wildman–Crippen LogP) is 2.20. The lowest BCUT2D eigenvalue weighted by molar-refractivity contribution is -0.137. The Balaban J connectivity index is 2.28. The number of carbonyl (C=O) groups is 2. The summed E-state index contributed by atoms with van der Waals surface area (Å²) in [5.74, 6) is -0.933. The van der Waals surface area contributed by atoms with Crippen LogP contribution in [0.15, 0.2) is 18.2 Å². The standard InChI is InChI=1S/C15H20N2O4/c1-3-16(13-8-12(18)7-4-10(13)2)15(21)17(9-14(19)20)11-5-6-11/h4,7-8,11,18H,3,5-6,9H2,1-2H3,(H,19,20). The van der Waals surface area contributed by atoms with E-state index in [1.807, 2.05) is 13.8 Å². The highest BCUT2D eigenvalue weighted by molar-refractivity contribution is 5.95. The molecule has 0 spiro atoms. The molecule has 1 fully saturated rings. The number of urea groups is 1. The summed E-state index contributed by atoms with van der Waals surface area (Å²) in [5, 5.41) is 18.6. The third-order valence-electron chi connectivity index (χ3n) is 3.57. The minimum absolute atomic E-state index is 0.0141. The second-order valence-corrected chi connectivity index (χ2v) is 5.25. The number of aryl methyl sites for hydroxylation is 1. The van der Waals surface area contributed by atoms with Gasteiger partial charge < -0.3 is 15.1 Å². The molecular weight excluding hydrogens is 272 g/mol. The van der Waals surface area contributed by atoms with Crippen molar-refractivity contribution < 1.29 is 19.8 Å². The molecule has 2 N–H and O–H groups in total. The summed E-state index contributed by atoms with van der Waals surface area (Å²) in [6.45, 7) is 3.79. The zero-order valence-corrected chi connectivity index (χ0v) is 12.2. The largest absolute Gasteiger partial charge is 0.508 e. The molecule has 1 aliphatic carbocycles. The normalized spacial score (nSPS) is 13.8. The third-order valence-corrected chi connectivity index (χ3v) is 3.57. The molecule has 0 radical (unpaired) electrons. The van der Waals surface area contributed by atoms with E-state index in [2.05, 4.69) is 0 Å². The molecule has 21 heavy (non-hydrogen) atoms. The van der Waals surface area contributed by atoms with Gasteiger partial charge in [0.05, 0.1) is 5.69 Å². The van der Waals surface area contributed by atoms with Crippen molar-refractivity contribution in [2.75, 3.05) is 18.0 Å². The van der Waals surface area contributed by atoms with E-state index >= 15 is 0 Å². The number of carbonyl (C=O) groups excluding carboxylic acids is 1. The molecule has 114 valence electrons. The third kappa shape index (κ3) is 3.45. The summed E-state index contributed by atoms with van der Waals surface area (Å²) in [6, 6.07) is 4.52. The van der Waals surface area contributed by atoms with E-state index in [4.69, 9.17) is 5.11 Å². The molecule has 0 bridgehead atoms. The number of amides is 2. The Hall–Kier alpha value is -2.24. The molecule has 6 heteroatoms. The van der Waals surface area contributed by atoms with Crippen molar-refractivity contribution in [3.63, 3.8) is 0 Å². The smallest absolute Gasteiger partial charge is 0.325 e. The number of benzene rings is 1. The highest BCUT2D eigenvalue weighted by Gasteiger charge is 2.36. The monoisotopic (exact) mass is 292 g/mol. The number of aliphatic carboxylic acids is 1. The van der Waals surface area contributed by atoms with Gasteiger partial charge in [-0.25, -0.2) is 4.79 Å². The maximum atomic E-state index is 12.7. The van der Waals surface area contributed by atoms with Crippen LogP contribution >= 0.6 is 0 Å². The van der Waals surface area contributed by atoms with Crippen LogP contribution < -0.4 is 4.90 Å². The Morgan fingerprint density at radius 1 is 1.33 bits per heavy atom. The predicted molar refractivity (Wildman–Crippen MR) is 78.6 cm³/mol. The Morgan fingerprint density at radius 2 is 2.00 bits per heavy atom. The van der Waals surface area contributed by atoms with Gasteiger partial charge >= 0.3 is 12.0 Å². The van der Waals surface area contributed by atoms with Crippen LogP contribution in [-0.2, 0) is 4.79 Å². The molecule has 1 aliphatic rings. The molecule has 0 aliphatic heterocycles. The number of carboxylic acid groups (broad SMARTS) is 1. The van der Waals surface area contributed by atoms with E-state index in [0.29, 0.717) is 12.2 Å². The molecule has 1 aromatic rings. The summed E-state index contributed by atoms with van der Waals surface area (Å²) in [4.78, 5) is 26.5. The van der Waals surface area contributed by atoms with E-state index in [9.17, 15) is 14.7 Å². The molecule has 1 aromatic carbocycles. The van der Waals surface area contributed by atoms with E-state index < -0.39 is 5.97 Å². The number of phenols is 1. The lowest BCUT2D eigenvalue weighted by Gasteiger charge is -2.30. The van der Waals surface area contributed by atoms with Crippen LogP contribution in [0.1, 0.15) is 25.3 Å². The first-order valence-corrected chi connectivity index (χ1v) is 7.03. The van der Waals surface area contributed by atoms with Gasteiger partial charge in [0.15, 0.2) is 0 Å². The maximum absolute atomic E-state index is 12.7. The van der Waals surface area contributed by atoms with Gasteiger partial charge in [-0.1, -0.05) is 6.07 Å². The van der Waals surface area contributed by atoms with Crippen LogP contribution in [-0.4, -0.2) is 46.2 Å². The Morgan fingerprint density at radius 3 is 2.52 bits per heavy atom. The maximum Gasteiger partial charge on any atom is 0.325 e. The van der Waals surface area contributed by atoms with Crippen molar-refractivity contribution in [3.05, 3.63) is 23.8 Å². The summed E-state index contributed by atoms with van der Waals surface area (Å²) < 4.78 is 0. The summed E-state index contributed by atoms with van der Waals surface area (Å²) >= 11 is 0. The van der Waals surface area contributed by atoms with Gasteiger partial charge in [0.25, 0.3) is 0 Å². The number of aromatic hydroxyl groups is 1. The van der Waals surface area contributed by atoms with Gasteiger partial charge in [-0.2, -0.15) is 0 Å². The van der Waals surface area contributed by atoms with Crippen LogP contribution in [0.3, 0.4) is 0 Å². The van der Waals surface area contributed by atoms with Gasteiger partial charge in [-0.3, -0.25) is 9.69 Å². The molecule has 1 saturated carbocycles. The van der Waals surface area contributed by atoms with Crippen molar-refractivity contribution in [1.82, 2.24) is 4.90 Å². The average molecular weight is 292 g/mol. The number of carboxylic acids is 1. The second-order valence-electron chi connectivity index (χ2n) is 5.25. The molecule has 0 heterocycles. The highest BCUT2D eigenvalue weighted by atomic mass is 16.4. The first-order chi connectivity index (χ1) is 9.93. The zero-order valence-electron chi connectivity index (χ0n) is 12.2. The minimum atomic E-state index is -1.01.